The molecule has 0 fully saturated rings. The zero-order valence-corrected chi connectivity index (χ0v) is 12.7. The summed E-state index contributed by atoms with van der Waals surface area (Å²) in [5.74, 6) is -2.13. The van der Waals surface area contributed by atoms with Crippen LogP contribution in [-0.2, 0) is 6.54 Å². The minimum atomic E-state index is -1.22. The molecule has 0 radical (unpaired) electrons. The van der Waals surface area contributed by atoms with Gasteiger partial charge in [-0.25, -0.2) is 9.59 Å². The summed E-state index contributed by atoms with van der Waals surface area (Å²) in [6.07, 6.45) is 1.56. The van der Waals surface area contributed by atoms with Gasteiger partial charge in [0.15, 0.2) is 0 Å². The number of nitrogens with zero attached hydrogens (tertiary/aromatic N) is 1. The van der Waals surface area contributed by atoms with E-state index >= 15 is 0 Å². The van der Waals surface area contributed by atoms with E-state index < -0.39 is 11.9 Å². The Morgan fingerprint density at radius 2 is 1.92 bits per heavy atom. The van der Waals surface area contributed by atoms with Crippen LogP contribution in [0, 0.1) is 18.4 Å². The highest BCUT2D eigenvalue weighted by Gasteiger charge is 2.20. The van der Waals surface area contributed by atoms with Gasteiger partial charge in [0.1, 0.15) is 5.75 Å². The molecule has 0 saturated heterocycles. The quantitative estimate of drug-likeness (QED) is 0.718. The molecule has 0 saturated carbocycles. The van der Waals surface area contributed by atoms with Crippen molar-refractivity contribution in [2.24, 2.45) is 5.73 Å². The van der Waals surface area contributed by atoms with Gasteiger partial charge in [-0.15, -0.1) is 5.26 Å². The van der Waals surface area contributed by atoms with E-state index in [9.17, 15) is 14.7 Å². The molecule has 2 aromatic rings. The van der Waals surface area contributed by atoms with Gasteiger partial charge >= 0.3 is 11.9 Å². The molecule has 0 bridgehead atoms. The molecule has 7 heteroatoms. The van der Waals surface area contributed by atoms with Crippen LogP contribution in [0.3, 0.4) is 0 Å². The predicted octanol–water partition coefficient (Wildman–Crippen LogP) is 2.38. The van der Waals surface area contributed by atoms with E-state index in [1.807, 2.05) is 0 Å². The molecule has 0 atom stereocenters. The average Bonchev–Trinajstić information content (AvgIpc) is 2.54. The summed E-state index contributed by atoms with van der Waals surface area (Å²) in [4.78, 5) is 22.8. The lowest BCUT2D eigenvalue weighted by molar-refractivity contribution is 0.0696. The number of ether oxygens (including phenoxy) is 1. The number of hydrogen-bond acceptors (Lipinski definition) is 5. The zero-order chi connectivity index (χ0) is 17.9. The van der Waals surface area contributed by atoms with Gasteiger partial charge in [0.25, 0.3) is 6.26 Å². The Hall–Kier alpha value is -3.37. The molecule has 7 nitrogen and oxygen atoms in total. The second-order valence-corrected chi connectivity index (χ2v) is 4.99. The third-order valence-corrected chi connectivity index (χ3v) is 3.66. The highest BCUT2D eigenvalue weighted by molar-refractivity contribution is 6.02. The van der Waals surface area contributed by atoms with Gasteiger partial charge in [0, 0.05) is 12.1 Å². The van der Waals surface area contributed by atoms with Gasteiger partial charge in [-0.2, -0.15) is 0 Å². The van der Waals surface area contributed by atoms with E-state index in [0.717, 1.165) is 0 Å². The van der Waals surface area contributed by atoms with Crippen LogP contribution >= 0.6 is 0 Å². The van der Waals surface area contributed by atoms with Gasteiger partial charge in [-0.1, -0.05) is 12.1 Å². The lowest BCUT2D eigenvalue weighted by Gasteiger charge is -2.13. The summed E-state index contributed by atoms with van der Waals surface area (Å²) >= 11 is 0. The van der Waals surface area contributed by atoms with Crippen LogP contribution in [0.2, 0.25) is 0 Å². The minimum absolute atomic E-state index is 0.0698. The number of nitriles is 1. The van der Waals surface area contributed by atoms with Crippen molar-refractivity contribution >= 4 is 11.9 Å². The first-order valence-corrected chi connectivity index (χ1v) is 6.90. The molecule has 0 amide bonds. The number of nitrogens with two attached hydrogens (primary N) is 1. The van der Waals surface area contributed by atoms with Crippen molar-refractivity contribution in [2.45, 2.75) is 13.5 Å². The van der Waals surface area contributed by atoms with Gasteiger partial charge in [0.2, 0.25) is 0 Å². The zero-order valence-electron chi connectivity index (χ0n) is 12.7. The SMILES string of the molecule is Cc1c(C(=O)O)ccc(-c2ccc(OC#N)c(CN)c2)c1C(=O)O. The van der Waals surface area contributed by atoms with Crippen molar-refractivity contribution in [1.29, 1.82) is 5.26 Å². The lowest BCUT2D eigenvalue weighted by atomic mass is 9.91. The van der Waals surface area contributed by atoms with Gasteiger partial charge in [-0.05, 0) is 41.8 Å². The normalized spacial score (nSPS) is 10.0. The maximum atomic E-state index is 11.6. The summed E-state index contributed by atoms with van der Waals surface area (Å²) in [7, 11) is 0. The fraction of sp³-hybridized carbons (Fsp3) is 0.118. The standard InChI is InChI=1S/C17H14N2O5/c1-9-12(16(20)21)3-4-13(15(9)17(22)23)10-2-5-14(24-8-19)11(6-10)7-18/h2-6H,7,18H2,1H3,(H,20,21)(H,22,23). The van der Waals surface area contributed by atoms with Gasteiger partial charge in [-0.3, -0.25) is 0 Å². The minimum Gasteiger partial charge on any atom is -0.478 e. The molecule has 4 N–H and O–H groups in total. The molecule has 0 heterocycles. The predicted molar refractivity (Wildman–Crippen MR) is 84.7 cm³/mol. The highest BCUT2D eigenvalue weighted by Crippen LogP contribution is 2.31. The van der Waals surface area contributed by atoms with Crippen molar-refractivity contribution in [1.82, 2.24) is 0 Å². The topological polar surface area (TPSA) is 134 Å². The smallest absolute Gasteiger partial charge is 0.336 e. The summed E-state index contributed by atoms with van der Waals surface area (Å²) in [5.41, 5.74) is 7.08. The third-order valence-electron chi connectivity index (χ3n) is 3.66. The molecule has 2 rings (SSSR count). The van der Waals surface area contributed by atoms with Gasteiger partial charge in [0.05, 0.1) is 11.1 Å². The molecular formula is C17H14N2O5. The maximum Gasteiger partial charge on any atom is 0.336 e. The van der Waals surface area contributed by atoms with Gasteiger partial charge < -0.3 is 20.7 Å². The lowest BCUT2D eigenvalue weighted by Crippen LogP contribution is -2.09. The summed E-state index contributed by atoms with van der Waals surface area (Å²) in [6.45, 7) is 1.55. The van der Waals surface area contributed by atoms with Crippen molar-refractivity contribution in [3.8, 4) is 23.1 Å². The molecule has 0 aliphatic carbocycles. The maximum absolute atomic E-state index is 11.6. The molecule has 24 heavy (non-hydrogen) atoms. The van der Waals surface area contributed by atoms with Crippen molar-refractivity contribution in [3.63, 3.8) is 0 Å². The summed E-state index contributed by atoms with van der Waals surface area (Å²) in [5, 5.41) is 27.3. The largest absolute Gasteiger partial charge is 0.478 e. The highest BCUT2D eigenvalue weighted by atomic mass is 16.5. The number of carboxylic acid groups (broad SMARTS) is 2. The number of rotatable bonds is 5. The molecule has 0 spiro atoms. The first-order valence-electron chi connectivity index (χ1n) is 6.90. The van der Waals surface area contributed by atoms with E-state index in [4.69, 9.17) is 20.8 Å². The second-order valence-electron chi connectivity index (χ2n) is 4.99. The first-order chi connectivity index (χ1) is 11.4. The Morgan fingerprint density at radius 1 is 1.21 bits per heavy atom. The number of benzene rings is 2. The molecule has 0 unspecified atom stereocenters. The number of carbonyl (C=O) groups is 2. The van der Waals surface area contributed by atoms with Crippen molar-refractivity contribution < 1.29 is 24.5 Å². The molecular weight excluding hydrogens is 312 g/mol. The fourth-order valence-electron chi connectivity index (χ4n) is 2.51. The number of aromatic carboxylic acids is 2. The second kappa shape index (κ2) is 6.81. The van der Waals surface area contributed by atoms with Crippen LogP contribution in [0.15, 0.2) is 30.3 Å². The number of carboxylic acids is 2. The van der Waals surface area contributed by atoms with E-state index in [1.165, 1.54) is 25.1 Å². The van der Waals surface area contributed by atoms with Crippen LogP contribution < -0.4 is 10.5 Å². The Bertz CT molecular complexity index is 868. The molecule has 122 valence electrons. The van der Waals surface area contributed by atoms with E-state index in [1.54, 1.807) is 18.4 Å². The van der Waals surface area contributed by atoms with Crippen molar-refractivity contribution in [3.05, 3.63) is 52.6 Å². The Morgan fingerprint density at radius 3 is 2.46 bits per heavy atom. The Balaban J connectivity index is 2.69. The van der Waals surface area contributed by atoms with Crippen LogP contribution in [0.1, 0.15) is 31.8 Å². The monoisotopic (exact) mass is 326 g/mol. The summed E-state index contributed by atoms with van der Waals surface area (Å²) in [6, 6.07) is 7.54. The van der Waals surface area contributed by atoms with Crippen LogP contribution in [0.4, 0.5) is 0 Å². The first kappa shape index (κ1) is 17.0. The van der Waals surface area contributed by atoms with E-state index in [0.29, 0.717) is 22.4 Å². The van der Waals surface area contributed by atoms with E-state index in [-0.39, 0.29) is 23.2 Å². The third kappa shape index (κ3) is 3.04. The fourth-order valence-corrected chi connectivity index (χ4v) is 2.51. The molecule has 0 aliphatic rings. The Labute approximate surface area is 137 Å². The Kier molecular flexibility index (Phi) is 4.82. The van der Waals surface area contributed by atoms with Crippen LogP contribution in [0.25, 0.3) is 11.1 Å². The summed E-state index contributed by atoms with van der Waals surface area (Å²) < 4.78 is 4.80. The van der Waals surface area contributed by atoms with E-state index in [2.05, 4.69) is 0 Å². The van der Waals surface area contributed by atoms with Crippen LogP contribution in [-0.4, -0.2) is 22.2 Å². The molecule has 0 aromatic heterocycles. The molecule has 0 aliphatic heterocycles. The number of hydrogen-bond donors (Lipinski definition) is 3. The molecule has 2 aromatic carbocycles. The average molecular weight is 326 g/mol. The van der Waals surface area contributed by atoms with Crippen LogP contribution in [0.5, 0.6) is 5.75 Å². The van der Waals surface area contributed by atoms with Crippen molar-refractivity contribution in [2.75, 3.05) is 0 Å².